The van der Waals surface area contributed by atoms with Gasteiger partial charge in [0.05, 0.1) is 0 Å². The first-order valence-electron chi connectivity index (χ1n) is 7.50. The molecular formula is C16H19N3O4S. The first-order chi connectivity index (χ1) is 11.3. The Morgan fingerprint density at radius 1 is 1.25 bits per heavy atom. The molecule has 3 rings (SSSR count). The first-order valence-corrected chi connectivity index (χ1v) is 9.04. The smallest absolute Gasteiger partial charge is 0.290 e. The van der Waals surface area contributed by atoms with Crippen LogP contribution in [0.4, 0.5) is 5.69 Å². The number of anilines is 1. The van der Waals surface area contributed by atoms with Crippen molar-refractivity contribution in [2.45, 2.75) is 24.6 Å². The predicted molar refractivity (Wildman–Crippen MR) is 89.1 cm³/mol. The fraction of sp³-hybridized carbons (Fsp3) is 0.312. The lowest BCUT2D eigenvalue weighted by molar-refractivity contribution is 0.0648. The predicted octanol–water partition coefficient (Wildman–Crippen LogP) is 1.41. The highest BCUT2D eigenvalue weighted by molar-refractivity contribution is 7.89. The molecule has 8 heteroatoms. The number of hydrogen-bond acceptors (Lipinski definition) is 5. The maximum Gasteiger partial charge on any atom is 0.290 e. The average molecular weight is 349 g/mol. The maximum atomic E-state index is 12.8. The molecule has 0 spiro atoms. The van der Waals surface area contributed by atoms with Crippen molar-refractivity contribution in [3.63, 3.8) is 0 Å². The van der Waals surface area contributed by atoms with Crippen LogP contribution in [0.1, 0.15) is 23.0 Å². The van der Waals surface area contributed by atoms with Crippen molar-refractivity contribution >= 4 is 21.6 Å². The molecule has 7 nitrogen and oxygen atoms in total. The lowest BCUT2D eigenvalue weighted by Gasteiger charge is -2.27. The molecule has 0 aliphatic carbocycles. The van der Waals surface area contributed by atoms with E-state index in [2.05, 4.69) is 4.90 Å². The molecule has 0 saturated heterocycles. The number of para-hydroxylation sites is 1. The van der Waals surface area contributed by atoms with E-state index in [1.807, 2.05) is 38.2 Å². The minimum atomic E-state index is -3.97. The number of fused-ring (bicyclic) bond motifs is 1. The van der Waals surface area contributed by atoms with E-state index in [1.165, 1.54) is 12.1 Å². The van der Waals surface area contributed by atoms with Crippen LogP contribution in [0, 0.1) is 0 Å². The number of benzene rings is 1. The summed E-state index contributed by atoms with van der Waals surface area (Å²) in [4.78, 5) is 16.6. The highest BCUT2D eigenvalue weighted by Crippen LogP contribution is 2.27. The van der Waals surface area contributed by atoms with E-state index in [9.17, 15) is 13.2 Å². The van der Waals surface area contributed by atoms with Crippen LogP contribution in [0.15, 0.2) is 45.9 Å². The van der Waals surface area contributed by atoms with Crippen molar-refractivity contribution in [1.29, 1.82) is 0 Å². The second-order valence-corrected chi connectivity index (χ2v) is 7.45. The molecule has 1 aromatic carbocycles. The van der Waals surface area contributed by atoms with Gasteiger partial charge in [-0.3, -0.25) is 4.79 Å². The summed E-state index contributed by atoms with van der Waals surface area (Å²) in [5.74, 6) is -0.393. The number of likely N-dealkylation sites (N-methyl/N-ethyl adjacent to an activating group) is 1. The van der Waals surface area contributed by atoms with Crippen molar-refractivity contribution in [2.75, 3.05) is 18.5 Å². The van der Waals surface area contributed by atoms with Gasteiger partial charge in [-0.05, 0) is 30.7 Å². The summed E-state index contributed by atoms with van der Waals surface area (Å²) in [5.41, 5.74) is 2.10. The van der Waals surface area contributed by atoms with E-state index in [0.29, 0.717) is 13.1 Å². The zero-order valence-electron chi connectivity index (χ0n) is 13.5. The fourth-order valence-electron chi connectivity index (χ4n) is 2.95. The molecular weight excluding hydrogens is 330 g/mol. The van der Waals surface area contributed by atoms with Crippen molar-refractivity contribution in [1.82, 2.24) is 4.90 Å². The van der Waals surface area contributed by atoms with Crippen molar-refractivity contribution in [3.05, 3.63) is 47.7 Å². The molecule has 1 amide bonds. The molecule has 24 heavy (non-hydrogen) atoms. The van der Waals surface area contributed by atoms with E-state index in [-0.39, 0.29) is 17.7 Å². The summed E-state index contributed by atoms with van der Waals surface area (Å²) in [7, 11) is -1.99. The maximum absolute atomic E-state index is 12.8. The number of amides is 1. The van der Waals surface area contributed by atoms with E-state index >= 15 is 0 Å². The number of nitrogens with two attached hydrogens (primary N) is 1. The second-order valence-electron chi connectivity index (χ2n) is 5.96. The van der Waals surface area contributed by atoms with Crippen LogP contribution in [0.2, 0.25) is 0 Å². The van der Waals surface area contributed by atoms with Gasteiger partial charge in [0.15, 0.2) is 5.76 Å². The standard InChI is InChI=1S/C16H19N3O4S/c1-11-9-18(2)13-6-4-3-5-12(13)10-19(11)16(20)14-7-8-15(23-14)24(17,21)22/h3-8,11H,9-10H2,1-2H3,(H2,17,21,22)/t11-/m0/s1. The summed E-state index contributed by atoms with van der Waals surface area (Å²) >= 11 is 0. The van der Waals surface area contributed by atoms with E-state index in [0.717, 1.165) is 11.3 Å². The summed E-state index contributed by atoms with van der Waals surface area (Å²) in [6, 6.07) is 10.3. The molecule has 2 N–H and O–H groups in total. The third-order valence-electron chi connectivity index (χ3n) is 4.15. The van der Waals surface area contributed by atoms with Crippen LogP contribution in [0.3, 0.4) is 0 Å². The summed E-state index contributed by atoms with van der Waals surface area (Å²) in [6.45, 7) is 3.03. The molecule has 1 aliphatic heterocycles. The number of sulfonamides is 1. The zero-order valence-corrected chi connectivity index (χ0v) is 14.3. The van der Waals surface area contributed by atoms with Gasteiger partial charge in [0.1, 0.15) is 0 Å². The van der Waals surface area contributed by atoms with Crippen molar-refractivity contribution in [2.24, 2.45) is 5.14 Å². The molecule has 1 aromatic heterocycles. The molecule has 0 fully saturated rings. The van der Waals surface area contributed by atoms with Crippen LogP contribution in [-0.2, 0) is 16.6 Å². The van der Waals surface area contributed by atoms with Gasteiger partial charge in [0.25, 0.3) is 15.9 Å². The third kappa shape index (κ3) is 3.02. The number of hydrogen-bond donors (Lipinski definition) is 1. The molecule has 0 unspecified atom stereocenters. The quantitative estimate of drug-likeness (QED) is 0.884. The molecule has 1 aliphatic rings. The number of primary sulfonamides is 1. The average Bonchev–Trinajstić information content (AvgIpc) is 2.98. The Hall–Kier alpha value is -2.32. The lowest BCUT2D eigenvalue weighted by Crippen LogP contribution is -2.41. The molecule has 128 valence electrons. The van der Waals surface area contributed by atoms with Gasteiger partial charge in [-0.25, -0.2) is 13.6 Å². The Bertz CT molecular complexity index is 875. The summed E-state index contributed by atoms with van der Waals surface area (Å²) < 4.78 is 27.8. The fourth-order valence-corrected chi connectivity index (χ4v) is 3.41. The van der Waals surface area contributed by atoms with E-state index in [1.54, 1.807) is 4.90 Å². The van der Waals surface area contributed by atoms with Gasteiger partial charge < -0.3 is 14.2 Å². The lowest BCUT2D eigenvalue weighted by atomic mass is 10.1. The first kappa shape index (κ1) is 16.5. The Morgan fingerprint density at radius 3 is 2.62 bits per heavy atom. The highest BCUT2D eigenvalue weighted by Gasteiger charge is 2.29. The van der Waals surface area contributed by atoms with Crippen LogP contribution in [0.25, 0.3) is 0 Å². The van der Waals surface area contributed by atoms with Gasteiger partial charge >= 0.3 is 0 Å². The third-order valence-corrected chi connectivity index (χ3v) is 4.93. The Labute approximate surface area is 140 Å². The summed E-state index contributed by atoms with van der Waals surface area (Å²) in [6.07, 6.45) is 0. The van der Waals surface area contributed by atoms with Crippen molar-refractivity contribution in [3.8, 4) is 0 Å². The normalized spacial score (nSPS) is 18.2. The molecule has 1 atom stereocenters. The van der Waals surface area contributed by atoms with E-state index in [4.69, 9.17) is 9.56 Å². The number of carbonyl (C=O) groups excluding carboxylic acids is 1. The minimum absolute atomic E-state index is 0.0343. The number of furan rings is 1. The van der Waals surface area contributed by atoms with Crippen LogP contribution < -0.4 is 10.0 Å². The van der Waals surface area contributed by atoms with Gasteiger partial charge in [-0.2, -0.15) is 0 Å². The second kappa shape index (κ2) is 5.95. The van der Waals surface area contributed by atoms with Crippen LogP contribution >= 0.6 is 0 Å². The topological polar surface area (TPSA) is 96.9 Å². The molecule has 0 bridgehead atoms. The largest absolute Gasteiger partial charge is 0.438 e. The monoisotopic (exact) mass is 349 g/mol. The number of rotatable bonds is 2. The number of carbonyl (C=O) groups is 1. The zero-order chi connectivity index (χ0) is 17.5. The van der Waals surface area contributed by atoms with E-state index < -0.39 is 15.1 Å². The molecule has 0 saturated carbocycles. The van der Waals surface area contributed by atoms with Crippen LogP contribution in [0.5, 0.6) is 0 Å². The Balaban J connectivity index is 1.93. The number of nitrogens with zero attached hydrogens (tertiary/aromatic N) is 2. The Kier molecular flexibility index (Phi) is 4.10. The Morgan fingerprint density at radius 2 is 1.96 bits per heavy atom. The molecule has 0 radical (unpaired) electrons. The molecule has 2 heterocycles. The SMILES string of the molecule is C[C@H]1CN(C)c2ccccc2CN1C(=O)c1ccc(S(N)(=O)=O)o1. The van der Waals surface area contributed by atoms with Gasteiger partial charge in [-0.1, -0.05) is 18.2 Å². The van der Waals surface area contributed by atoms with Gasteiger partial charge in [0, 0.05) is 31.9 Å². The van der Waals surface area contributed by atoms with Crippen molar-refractivity contribution < 1.29 is 17.6 Å². The molecule has 2 aromatic rings. The summed E-state index contributed by atoms with van der Waals surface area (Å²) in [5, 5.41) is 4.62. The van der Waals surface area contributed by atoms with Gasteiger partial charge in [0.2, 0.25) is 5.09 Å². The van der Waals surface area contributed by atoms with Crippen LogP contribution in [-0.4, -0.2) is 38.9 Å². The highest BCUT2D eigenvalue weighted by atomic mass is 32.2. The minimum Gasteiger partial charge on any atom is -0.438 e. The van der Waals surface area contributed by atoms with Gasteiger partial charge in [-0.15, -0.1) is 0 Å².